The summed E-state index contributed by atoms with van der Waals surface area (Å²) in [6.07, 6.45) is 0.828. The van der Waals surface area contributed by atoms with Gasteiger partial charge in [-0.2, -0.15) is 0 Å². The van der Waals surface area contributed by atoms with E-state index >= 15 is 0 Å². The minimum atomic E-state index is 0.243. The van der Waals surface area contributed by atoms with Gasteiger partial charge in [0.2, 0.25) is 0 Å². The van der Waals surface area contributed by atoms with Crippen molar-refractivity contribution in [1.82, 2.24) is 0 Å². The number of allylic oxidation sites excluding steroid dienone is 1. The average Bonchev–Trinajstić information content (AvgIpc) is 2.69. The van der Waals surface area contributed by atoms with Gasteiger partial charge < -0.3 is 14.9 Å². The molecule has 0 bridgehead atoms. The van der Waals surface area contributed by atoms with E-state index in [4.69, 9.17) is 4.74 Å². The molecule has 2 N–H and O–H groups in total. The molecule has 0 aromatic heterocycles. The highest BCUT2D eigenvalue weighted by Gasteiger charge is 2.13. The molecule has 138 valence electrons. The summed E-state index contributed by atoms with van der Waals surface area (Å²) in [4.78, 5) is 0. The minimum absolute atomic E-state index is 0.243. The molecule has 0 saturated carbocycles. The van der Waals surface area contributed by atoms with Gasteiger partial charge in [-0.15, -0.1) is 0 Å². The average molecular weight is 360 g/mol. The third-order valence-corrected chi connectivity index (χ3v) is 4.48. The van der Waals surface area contributed by atoms with Crippen LogP contribution in [-0.4, -0.2) is 16.8 Å². The van der Waals surface area contributed by atoms with Gasteiger partial charge in [0.05, 0.1) is 6.61 Å². The maximum atomic E-state index is 9.69. The third kappa shape index (κ3) is 4.32. The highest BCUT2D eigenvalue weighted by Crippen LogP contribution is 2.36. The highest BCUT2D eigenvalue weighted by atomic mass is 16.5. The van der Waals surface area contributed by atoms with Gasteiger partial charge in [-0.25, -0.2) is 0 Å². The fourth-order valence-corrected chi connectivity index (χ4v) is 3.22. The zero-order chi connectivity index (χ0) is 19.2. The van der Waals surface area contributed by atoms with Crippen molar-refractivity contribution in [1.29, 1.82) is 0 Å². The summed E-state index contributed by atoms with van der Waals surface area (Å²) in [6.45, 7) is 4.72. The normalized spacial score (nSPS) is 11.8. The Morgan fingerprint density at radius 3 is 1.56 bits per heavy atom. The largest absolute Gasteiger partial charge is 0.508 e. The van der Waals surface area contributed by atoms with Crippen LogP contribution in [0.3, 0.4) is 0 Å². The molecular weight excluding hydrogens is 336 g/mol. The summed E-state index contributed by atoms with van der Waals surface area (Å²) in [7, 11) is 0. The molecule has 27 heavy (non-hydrogen) atoms. The van der Waals surface area contributed by atoms with E-state index in [9.17, 15) is 10.2 Å². The lowest BCUT2D eigenvalue weighted by Gasteiger charge is -2.17. The number of phenols is 2. The van der Waals surface area contributed by atoms with Crippen molar-refractivity contribution in [2.45, 2.75) is 20.3 Å². The molecule has 0 aliphatic carbocycles. The molecule has 0 aliphatic heterocycles. The first kappa shape index (κ1) is 18.6. The molecule has 0 radical (unpaired) electrons. The standard InChI is InChI=1S/C24H24O3/c1-3-23(17-5-11-20(25)12-6-17)24(18-7-13-21(26)14-8-18)19-9-15-22(16-10-19)27-4-2/h5-16,25-26H,3-4H2,1-2H3/b24-23-. The number of aromatic hydroxyl groups is 2. The van der Waals surface area contributed by atoms with E-state index in [2.05, 4.69) is 19.1 Å². The fraction of sp³-hybridized carbons (Fsp3) is 0.167. The first-order chi connectivity index (χ1) is 13.1. The zero-order valence-corrected chi connectivity index (χ0v) is 15.6. The lowest BCUT2D eigenvalue weighted by atomic mass is 9.88. The lowest BCUT2D eigenvalue weighted by molar-refractivity contribution is 0.340. The first-order valence-electron chi connectivity index (χ1n) is 9.17. The van der Waals surface area contributed by atoms with E-state index in [0.29, 0.717) is 6.61 Å². The summed E-state index contributed by atoms with van der Waals surface area (Å²) in [5.41, 5.74) is 5.44. The Morgan fingerprint density at radius 2 is 1.11 bits per heavy atom. The molecule has 0 spiro atoms. The molecule has 0 saturated heterocycles. The number of hydrogen-bond donors (Lipinski definition) is 2. The van der Waals surface area contributed by atoms with E-state index in [1.165, 1.54) is 5.57 Å². The van der Waals surface area contributed by atoms with Gasteiger partial charge >= 0.3 is 0 Å². The van der Waals surface area contributed by atoms with Crippen LogP contribution in [0.5, 0.6) is 17.2 Å². The molecule has 0 heterocycles. The van der Waals surface area contributed by atoms with Gasteiger partial charge in [-0.1, -0.05) is 43.3 Å². The summed E-state index contributed by atoms with van der Waals surface area (Å²) in [5.74, 6) is 1.34. The van der Waals surface area contributed by atoms with Crippen LogP contribution in [0.4, 0.5) is 0 Å². The summed E-state index contributed by atoms with van der Waals surface area (Å²) in [6, 6.07) is 22.6. The van der Waals surface area contributed by atoms with Crippen LogP contribution in [0.25, 0.3) is 11.1 Å². The first-order valence-corrected chi connectivity index (χ1v) is 9.17. The molecule has 3 aromatic carbocycles. The van der Waals surface area contributed by atoms with Crippen LogP contribution in [0, 0.1) is 0 Å². The Kier molecular flexibility index (Phi) is 5.82. The van der Waals surface area contributed by atoms with Gasteiger partial charge in [0.1, 0.15) is 17.2 Å². The van der Waals surface area contributed by atoms with Crippen molar-refractivity contribution in [2.24, 2.45) is 0 Å². The van der Waals surface area contributed by atoms with Crippen molar-refractivity contribution >= 4 is 11.1 Å². The lowest BCUT2D eigenvalue weighted by Crippen LogP contribution is -1.96. The Hall–Kier alpha value is -3.20. The number of hydrogen-bond acceptors (Lipinski definition) is 3. The second-order valence-electron chi connectivity index (χ2n) is 6.26. The molecule has 3 rings (SSSR count). The Bertz CT molecular complexity index is 905. The van der Waals surface area contributed by atoms with Crippen molar-refractivity contribution in [3.63, 3.8) is 0 Å². The molecule has 0 aliphatic rings. The topological polar surface area (TPSA) is 49.7 Å². The van der Waals surface area contributed by atoms with Crippen LogP contribution in [-0.2, 0) is 0 Å². The zero-order valence-electron chi connectivity index (χ0n) is 15.6. The molecule has 3 nitrogen and oxygen atoms in total. The fourth-order valence-electron chi connectivity index (χ4n) is 3.22. The second-order valence-corrected chi connectivity index (χ2v) is 6.26. The number of benzene rings is 3. The van der Waals surface area contributed by atoms with E-state index < -0.39 is 0 Å². The van der Waals surface area contributed by atoms with Gasteiger partial charge in [0.15, 0.2) is 0 Å². The maximum absolute atomic E-state index is 9.69. The molecule has 3 aromatic rings. The van der Waals surface area contributed by atoms with E-state index in [1.54, 1.807) is 24.3 Å². The van der Waals surface area contributed by atoms with E-state index in [0.717, 1.165) is 34.4 Å². The van der Waals surface area contributed by atoms with Gasteiger partial charge in [0, 0.05) is 0 Å². The summed E-state index contributed by atoms with van der Waals surface area (Å²) < 4.78 is 5.57. The molecule has 0 atom stereocenters. The maximum Gasteiger partial charge on any atom is 0.119 e. The van der Waals surface area contributed by atoms with Crippen molar-refractivity contribution in [2.75, 3.05) is 6.61 Å². The quantitative estimate of drug-likeness (QED) is 0.541. The minimum Gasteiger partial charge on any atom is -0.508 e. The Morgan fingerprint density at radius 1 is 0.667 bits per heavy atom. The van der Waals surface area contributed by atoms with Crippen LogP contribution in [0.15, 0.2) is 72.8 Å². The second kappa shape index (κ2) is 8.45. The number of ether oxygens (including phenoxy) is 1. The third-order valence-electron chi connectivity index (χ3n) is 4.48. The predicted octanol–water partition coefficient (Wildman–Crippen LogP) is 5.87. The summed E-state index contributed by atoms with van der Waals surface area (Å²) >= 11 is 0. The number of phenolic OH excluding ortho intramolecular Hbond substituents is 2. The molecular formula is C24H24O3. The number of rotatable bonds is 6. The molecule has 3 heteroatoms. The highest BCUT2D eigenvalue weighted by molar-refractivity contribution is 5.98. The van der Waals surface area contributed by atoms with Crippen molar-refractivity contribution in [3.05, 3.63) is 89.5 Å². The van der Waals surface area contributed by atoms with Crippen molar-refractivity contribution < 1.29 is 14.9 Å². The summed E-state index contributed by atoms with van der Waals surface area (Å²) in [5, 5.41) is 19.3. The predicted molar refractivity (Wildman–Crippen MR) is 110 cm³/mol. The van der Waals surface area contributed by atoms with Crippen LogP contribution in [0.1, 0.15) is 37.0 Å². The Balaban J connectivity index is 2.19. The monoisotopic (exact) mass is 360 g/mol. The molecule has 0 unspecified atom stereocenters. The van der Waals surface area contributed by atoms with Gasteiger partial charge in [0.25, 0.3) is 0 Å². The van der Waals surface area contributed by atoms with Gasteiger partial charge in [-0.3, -0.25) is 0 Å². The molecule has 0 amide bonds. The molecule has 0 fully saturated rings. The van der Waals surface area contributed by atoms with Gasteiger partial charge in [-0.05, 0) is 77.6 Å². The van der Waals surface area contributed by atoms with Crippen LogP contribution >= 0.6 is 0 Å². The van der Waals surface area contributed by atoms with Crippen LogP contribution in [0.2, 0.25) is 0 Å². The van der Waals surface area contributed by atoms with E-state index in [1.807, 2.05) is 43.3 Å². The van der Waals surface area contributed by atoms with Crippen molar-refractivity contribution in [3.8, 4) is 17.2 Å². The smallest absolute Gasteiger partial charge is 0.119 e. The van der Waals surface area contributed by atoms with Crippen LogP contribution < -0.4 is 4.74 Å². The SMILES string of the molecule is CCOc1ccc(/C(=C(/CC)c2ccc(O)cc2)c2ccc(O)cc2)cc1. The van der Waals surface area contributed by atoms with E-state index in [-0.39, 0.29) is 11.5 Å². The Labute approximate surface area is 160 Å².